The van der Waals surface area contributed by atoms with Crippen molar-refractivity contribution in [1.29, 1.82) is 0 Å². The number of aryl methyl sites for hydroxylation is 1. The van der Waals surface area contributed by atoms with Crippen LogP contribution in [0.4, 0.5) is 0 Å². The SMILES string of the molecule is Cn1cc(CNCCC2CCOC2)c2ccccc21. The summed E-state index contributed by atoms with van der Waals surface area (Å²) in [5.41, 5.74) is 2.70. The predicted molar refractivity (Wildman–Crippen MR) is 78.2 cm³/mol. The lowest BCUT2D eigenvalue weighted by atomic mass is 10.1. The predicted octanol–water partition coefficient (Wildman–Crippen LogP) is 2.69. The molecule has 2 heterocycles. The van der Waals surface area contributed by atoms with Crippen LogP contribution in [0.1, 0.15) is 18.4 Å². The van der Waals surface area contributed by atoms with Gasteiger partial charge in [-0.3, -0.25) is 0 Å². The maximum absolute atomic E-state index is 5.40. The zero-order valence-electron chi connectivity index (χ0n) is 11.6. The molecule has 1 saturated heterocycles. The number of para-hydroxylation sites is 1. The molecular weight excluding hydrogens is 236 g/mol. The summed E-state index contributed by atoms with van der Waals surface area (Å²) in [5, 5.41) is 4.93. The van der Waals surface area contributed by atoms with Crippen LogP contribution in [0, 0.1) is 5.92 Å². The van der Waals surface area contributed by atoms with Gasteiger partial charge in [-0.15, -0.1) is 0 Å². The summed E-state index contributed by atoms with van der Waals surface area (Å²) in [6.45, 7) is 3.94. The lowest BCUT2D eigenvalue weighted by Crippen LogP contribution is -2.17. The van der Waals surface area contributed by atoms with E-state index in [0.29, 0.717) is 0 Å². The number of ether oxygens (including phenoxy) is 1. The number of hydrogen-bond acceptors (Lipinski definition) is 2. The molecule has 0 saturated carbocycles. The van der Waals surface area contributed by atoms with Crippen LogP contribution in [-0.4, -0.2) is 24.3 Å². The standard InChI is InChI=1S/C16H22N2O/c1-18-11-14(15-4-2-3-5-16(15)18)10-17-8-6-13-7-9-19-12-13/h2-5,11,13,17H,6-10,12H2,1H3. The van der Waals surface area contributed by atoms with E-state index in [1.54, 1.807) is 0 Å². The first-order valence-electron chi connectivity index (χ1n) is 7.16. The normalized spacial score (nSPS) is 19.3. The van der Waals surface area contributed by atoms with Gasteiger partial charge in [-0.2, -0.15) is 0 Å². The van der Waals surface area contributed by atoms with E-state index in [1.807, 2.05) is 0 Å². The fourth-order valence-corrected chi connectivity index (χ4v) is 2.91. The first-order chi connectivity index (χ1) is 9.34. The zero-order chi connectivity index (χ0) is 13.1. The Hall–Kier alpha value is -1.32. The highest BCUT2D eigenvalue weighted by Crippen LogP contribution is 2.20. The van der Waals surface area contributed by atoms with E-state index >= 15 is 0 Å². The van der Waals surface area contributed by atoms with Crippen LogP contribution >= 0.6 is 0 Å². The van der Waals surface area contributed by atoms with Gasteiger partial charge in [0, 0.05) is 43.9 Å². The van der Waals surface area contributed by atoms with Gasteiger partial charge in [0.2, 0.25) is 0 Å². The molecule has 1 atom stereocenters. The summed E-state index contributed by atoms with van der Waals surface area (Å²) in [5.74, 6) is 0.764. The van der Waals surface area contributed by atoms with Gasteiger partial charge < -0.3 is 14.6 Å². The molecule has 3 nitrogen and oxygen atoms in total. The molecule has 0 radical (unpaired) electrons. The molecule has 1 unspecified atom stereocenters. The molecule has 2 aromatic rings. The summed E-state index contributed by atoms with van der Waals surface area (Å²) in [6, 6.07) is 8.59. The van der Waals surface area contributed by atoms with Crippen LogP contribution in [0.5, 0.6) is 0 Å². The van der Waals surface area contributed by atoms with Crippen LogP contribution in [0.25, 0.3) is 10.9 Å². The molecule has 19 heavy (non-hydrogen) atoms. The van der Waals surface area contributed by atoms with Crippen molar-refractivity contribution in [2.24, 2.45) is 13.0 Å². The average Bonchev–Trinajstić information content (AvgIpc) is 3.04. The summed E-state index contributed by atoms with van der Waals surface area (Å²) in [7, 11) is 2.11. The van der Waals surface area contributed by atoms with E-state index in [4.69, 9.17) is 4.74 Å². The number of rotatable bonds is 5. The molecular formula is C16H22N2O. The molecule has 1 aromatic heterocycles. The van der Waals surface area contributed by atoms with E-state index in [9.17, 15) is 0 Å². The van der Waals surface area contributed by atoms with Gasteiger partial charge in [0.15, 0.2) is 0 Å². The molecule has 1 aliphatic rings. The fraction of sp³-hybridized carbons (Fsp3) is 0.500. The summed E-state index contributed by atoms with van der Waals surface area (Å²) < 4.78 is 7.61. The number of hydrogen-bond donors (Lipinski definition) is 1. The Kier molecular flexibility index (Phi) is 3.85. The largest absolute Gasteiger partial charge is 0.381 e. The molecule has 1 aliphatic heterocycles. The fourth-order valence-electron chi connectivity index (χ4n) is 2.91. The Bertz CT molecular complexity index is 541. The lowest BCUT2D eigenvalue weighted by molar-refractivity contribution is 0.184. The molecule has 0 amide bonds. The van der Waals surface area contributed by atoms with Crippen LogP contribution in [0.15, 0.2) is 30.5 Å². The second-order valence-corrected chi connectivity index (χ2v) is 5.48. The Balaban J connectivity index is 1.56. The van der Waals surface area contributed by atoms with Crippen LogP contribution in [0.3, 0.4) is 0 Å². The maximum Gasteiger partial charge on any atom is 0.0495 e. The lowest BCUT2D eigenvalue weighted by Gasteiger charge is -2.08. The third-order valence-electron chi connectivity index (χ3n) is 4.05. The number of fused-ring (bicyclic) bond motifs is 1. The Labute approximate surface area is 114 Å². The molecule has 0 spiro atoms. The minimum absolute atomic E-state index is 0.764. The van der Waals surface area contributed by atoms with Crippen LogP contribution < -0.4 is 5.32 Å². The van der Waals surface area contributed by atoms with Gasteiger partial charge in [0.05, 0.1) is 0 Å². The Morgan fingerprint density at radius 3 is 3.11 bits per heavy atom. The number of nitrogens with zero attached hydrogens (tertiary/aromatic N) is 1. The zero-order valence-corrected chi connectivity index (χ0v) is 11.6. The topological polar surface area (TPSA) is 26.2 Å². The van der Waals surface area contributed by atoms with Gasteiger partial charge in [0.1, 0.15) is 0 Å². The van der Waals surface area contributed by atoms with Crippen molar-refractivity contribution in [1.82, 2.24) is 9.88 Å². The van der Waals surface area contributed by atoms with Crippen molar-refractivity contribution in [3.63, 3.8) is 0 Å². The van der Waals surface area contributed by atoms with Crippen molar-refractivity contribution in [3.8, 4) is 0 Å². The highest BCUT2D eigenvalue weighted by atomic mass is 16.5. The smallest absolute Gasteiger partial charge is 0.0495 e. The number of benzene rings is 1. The van der Waals surface area contributed by atoms with Gasteiger partial charge in [-0.1, -0.05) is 18.2 Å². The Morgan fingerprint density at radius 2 is 2.26 bits per heavy atom. The molecule has 1 fully saturated rings. The van der Waals surface area contributed by atoms with E-state index in [0.717, 1.165) is 32.2 Å². The number of aromatic nitrogens is 1. The van der Waals surface area contributed by atoms with Gasteiger partial charge in [-0.25, -0.2) is 0 Å². The third-order valence-corrected chi connectivity index (χ3v) is 4.05. The van der Waals surface area contributed by atoms with Crippen LogP contribution in [0.2, 0.25) is 0 Å². The molecule has 1 aromatic carbocycles. The number of nitrogens with one attached hydrogen (secondary N) is 1. The van der Waals surface area contributed by atoms with E-state index < -0.39 is 0 Å². The van der Waals surface area contributed by atoms with Gasteiger partial charge in [-0.05, 0) is 36.9 Å². The quantitative estimate of drug-likeness (QED) is 0.835. The first-order valence-corrected chi connectivity index (χ1v) is 7.16. The molecule has 102 valence electrons. The summed E-state index contributed by atoms with van der Waals surface area (Å²) in [6.07, 6.45) is 4.69. The molecule has 3 heteroatoms. The molecule has 3 rings (SSSR count). The second-order valence-electron chi connectivity index (χ2n) is 5.48. The van der Waals surface area contributed by atoms with Gasteiger partial charge in [0.25, 0.3) is 0 Å². The summed E-state index contributed by atoms with van der Waals surface area (Å²) in [4.78, 5) is 0. The molecule has 0 aliphatic carbocycles. The van der Waals surface area contributed by atoms with Crippen molar-refractivity contribution in [2.75, 3.05) is 19.8 Å². The Morgan fingerprint density at radius 1 is 1.37 bits per heavy atom. The van der Waals surface area contributed by atoms with Gasteiger partial charge >= 0.3 is 0 Å². The van der Waals surface area contributed by atoms with Crippen molar-refractivity contribution < 1.29 is 4.74 Å². The molecule has 1 N–H and O–H groups in total. The highest BCUT2D eigenvalue weighted by molar-refractivity contribution is 5.83. The average molecular weight is 258 g/mol. The van der Waals surface area contributed by atoms with E-state index in [-0.39, 0.29) is 0 Å². The maximum atomic E-state index is 5.40. The van der Waals surface area contributed by atoms with E-state index in [2.05, 4.69) is 47.4 Å². The van der Waals surface area contributed by atoms with Crippen molar-refractivity contribution >= 4 is 10.9 Å². The minimum atomic E-state index is 0.764. The molecule has 0 bridgehead atoms. The third kappa shape index (κ3) is 2.82. The van der Waals surface area contributed by atoms with Crippen LogP contribution in [-0.2, 0) is 18.3 Å². The monoisotopic (exact) mass is 258 g/mol. The van der Waals surface area contributed by atoms with Crippen molar-refractivity contribution in [2.45, 2.75) is 19.4 Å². The second kappa shape index (κ2) is 5.76. The minimum Gasteiger partial charge on any atom is -0.381 e. The van der Waals surface area contributed by atoms with Crippen molar-refractivity contribution in [3.05, 3.63) is 36.0 Å². The first kappa shape index (κ1) is 12.7. The highest BCUT2D eigenvalue weighted by Gasteiger charge is 2.14. The van der Waals surface area contributed by atoms with E-state index in [1.165, 1.54) is 29.3 Å². The summed E-state index contributed by atoms with van der Waals surface area (Å²) >= 11 is 0.